The first-order valence-electron chi connectivity index (χ1n) is 10.6. The van der Waals surface area contributed by atoms with Gasteiger partial charge in [0.2, 0.25) is 5.91 Å². The highest BCUT2D eigenvalue weighted by molar-refractivity contribution is 7.90. The summed E-state index contributed by atoms with van der Waals surface area (Å²) >= 11 is 0. The number of unbranched alkanes of at least 4 members (excludes halogenated alkanes) is 1. The van der Waals surface area contributed by atoms with E-state index in [2.05, 4.69) is 0 Å². The Bertz CT molecular complexity index is 1140. The van der Waals surface area contributed by atoms with Crippen molar-refractivity contribution < 1.29 is 31.5 Å². The van der Waals surface area contributed by atoms with Crippen LogP contribution in [0, 0.1) is 11.6 Å². The van der Waals surface area contributed by atoms with Crippen LogP contribution in [-0.2, 0) is 26.0 Å². The normalized spacial score (nSPS) is 17.9. The van der Waals surface area contributed by atoms with Crippen LogP contribution in [0.15, 0.2) is 47.4 Å². The SMILES string of the molecule is CCCCOc1ccc(S(=O)(=O)NC(=O)C2(C)CCN2C(=O)Cc2cc(F)ccc2F)cc1. The Morgan fingerprint density at radius 2 is 1.85 bits per heavy atom. The summed E-state index contributed by atoms with van der Waals surface area (Å²) in [7, 11) is -4.18. The highest BCUT2D eigenvalue weighted by atomic mass is 32.2. The number of likely N-dealkylation sites (tertiary alicyclic amines) is 1. The van der Waals surface area contributed by atoms with Gasteiger partial charge in [-0.1, -0.05) is 13.3 Å². The number of nitrogens with zero attached hydrogens (tertiary/aromatic N) is 1. The monoisotopic (exact) mass is 480 g/mol. The number of carbonyl (C=O) groups is 2. The van der Waals surface area contributed by atoms with Crippen molar-refractivity contribution in [1.82, 2.24) is 9.62 Å². The summed E-state index contributed by atoms with van der Waals surface area (Å²) < 4.78 is 60.2. The number of nitrogens with one attached hydrogen (secondary N) is 1. The van der Waals surface area contributed by atoms with Crippen LogP contribution >= 0.6 is 0 Å². The van der Waals surface area contributed by atoms with Crippen molar-refractivity contribution in [2.75, 3.05) is 13.2 Å². The van der Waals surface area contributed by atoms with E-state index in [4.69, 9.17) is 4.74 Å². The molecular weight excluding hydrogens is 454 g/mol. The second-order valence-corrected chi connectivity index (χ2v) is 9.77. The third-order valence-electron chi connectivity index (χ3n) is 5.69. The molecule has 1 heterocycles. The maximum atomic E-state index is 13.9. The van der Waals surface area contributed by atoms with Crippen LogP contribution in [0.1, 0.15) is 38.7 Å². The number of hydrogen-bond acceptors (Lipinski definition) is 5. The molecule has 1 aliphatic heterocycles. The summed E-state index contributed by atoms with van der Waals surface area (Å²) in [5.41, 5.74) is -1.56. The molecule has 0 spiro atoms. The zero-order valence-corrected chi connectivity index (χ0v) is 19.3. The zero-order valence-electron chi connectivity index (χ0n) is 18.4. The highest BCUT2D eigenvalue weighted by Gasteiger charge is 2.50. The number of rotatable bonds is 9. The third kappa shape index (κ3) is 5.50. The predicted octanol–water partition coefficient (Wildman–Crippen LogP) is 3.18. The van der Waals surface area contributed by atoms with Gasteiger partial charge >= 0.3 is 0 Å². The topological polar surface area (TPSA) is 92.8 Å². The lowest BCUT2D eigenvalue weighted by Crippen LogP contribution is -2.68. The molecule has 178 valence electrons. The maximum absolute atomic E-state index is 13.9. The summed E-state index contributed by atoms with van der Waals surface area (Å²) in [5.74, 6) is -2.38. The largest absolute Gasteiger partial charge is 0.494 e. The molecule has 1 atom stereocenters. The van der Waals surface area contributed by atoms with Crippen LogP contribution in [0.5, 0.6) is 5.75 Å². The summed E-state index contributed by atoms with van der Waals surface area (Å²) in [4.78, 5) is 26.5. The molecule has 0 aromatic heterocycles. The van der Waals surface area contributed by atoms with Crippen molar-refractivity contribution >= 4 is 21.8 Å². The molecule has 33 heavy (non-hydrogen) atoms. The van der Waals surface area contributed by atoms with Gasteiger partial charge in [0.1, 0.15) is 22.9 Å². The van der Waals surface area contributed by atoms with E-state index in [0.717, 1.165) is 31.0 Å². The summed E-state index contributed by atoms with van der Waals surface area (Å²) in [5, 5.41) is 0. The Labute approximate surface area is 191 Å². The molecule has 2 amide bonds. The van der Waals surface area contributed by atoms with Crippen LogP contribution in [0.3, 0.4) is 0 Å². The lowest BCUT2D eigenvalue weighted by molar-refractivity contribution is -0.156. The average molecular weight is 481 g/mol. The molecule has 1 aliphatic rings. The molecule has 1 saturated heterocycles. The van der Waals surface area contributed by atoms with Gasteiger partial charge in [-0.15, -0.1) is 0 Å². The van der Waals surface area contributed by atoms with Crippen molar-refractivity contribution in [2.45, 2.75) is 50.0 Å². The van der Waals surface area contributed by atoms with Gasteiger partial charge in [0.25, 0.3) is 15.9 Å². The molecule has 1 fully saturated rings. The van der Waals surface area contributed by atoms with Crippen LogP contribution in [0.25, 0.3) is 0 Å². The molecular formula is C23H26F2N2O5S. The fourth-order valence-corrected chi connectivity index (χ4v) is 4.55. The molecule has 1 N–H and O–H groups in total. The molecule has 0 aliphatic carbocycles. The van der Waals surface area contributed by atoms with Gasteiger partial charge in [0, 0.05) is 12.1 Å². The summed E-state index contributed by atoms with van der Waals surface area (Å²) in [6.07, 6.45) is 1.62. The number of halogens is 2. The van der Waals surface area contributed by atoms with Crippen molar-refractivity contribution in [3.05, 3.63) is 59.7 Å². The fourth-order valence-electron chi connectivity index (χ4n) is 3.47. The van der Waals surface area contributed by atoms with Gasteiger partial charge in [0.05, 0.1) is 17.9 Å². The first-order chi connectivity index (χ1) is 15.6. The van der Waals surface area contributed by atoms with Crippen molar-refractivity contribution in [3.63, 3.8) is 0 Å². The molecule has 0 saturated carbocycles. The summed E-state index contributed by atoms with van der Waals surface area (Å²) in [6.45, 7) is 4.18. The Morgan fingerprint density at radius 3 is 2.45 bits per heavy atom. The first kappa shape index (κ1) is 24.6. The number of benzene rings is 2. The highest BCUT2D eigenvalue weighted by Crippen LogP contribution is 2.32. The van der Waals surface area contributed by atoms with Crippen LogP contribution in [-0.4, -0.2) is 43.8 Å². The third-order valence-corrected chi connectivity index (χ3v) is 7.03. The minimum absolute atomic E-state index is 0.124. The van der Waals surface area contributed by atoms with E-state index in [-0.39, 0.29) is 23.4 Å². The maximum Gasteiger partial charge on any atom is 0.264 e. The number of hydrogen-bond donors (Lipinski definition) is 1. The van der Waals surface area contributed by atoms with Gasteiger partial charge in [-0.25, -0.2) is 21.9 Å². The molecule has 0 radical (unpaired) electrons. The number of amides is 2. The van der Waals surface area contributed by atoms with Crippen molar-refractivity contribution in [1.29, 1.82) is 0 Å². The molecule has 0 bridgehead atoms. The molecule has 1 unspecified atom stereocenters. The Morgan fingerprint density at radius 1 is 1.15 bits per heavy atom. The molecule has 3 rings (SSSR count). The van der Waals surface area contributed by atoms with Gasteiger partial charge in [-0.2, -0.15) is 0 Å². The first-order valence-corrected chi connectivity index (χ1v) is 12.1. The second-order valence-electron chi connectivity index (χ2n) is 8.09. The minimum Gasteiger partial charge on any atom is -0.494 e. The van der Waals surface area contributed by atoms with Gasteiger partial charge < -0.3 is 9.64 Å². The average Bonchev–Trinajstić information content (AvgIpc) is 2.75. The van der Waals surface area contributed by atoms with Gasteiger partial charge in [0.15, 0.2) is 0 Å². The molecule has 2 aromatic carbocycles. The zero-order chi connectivity index (χ0) is 24.2. The number of sulfonamides is 1. The lowest BCUT2D eigenvalue weighted by atomic mass is 9.85. The predicted molar refractivity (Wildman–Crippen MR) is 117 cm³/mol. The van der Waals surface area contributed by atoms with E-state index in [9.17, 15) is 26.8 Å². The fraction of sp³-hybridized carbons (Fsp3) is 0.391. The van der Waals surface area contributed by atoms with Crippen LogP contribution < -0.4 is 9.46 Å². The Balaban J connectivity index is 1.67. The quantitative estimate of drug-likeness (QED) is 0.557. The van der Waals surface area contributed by atoms with E-state index in [1.807, 2.05) is 11.6 Å². The molecule has 10 heteroatoms. The van der Waals surface area contributed by atoms with Crippen LogP contribution in [0.4, 0.5) is 8.78 Å². The molecule has 7 nitrogen and oxygen atoms in total. The van der Waals surface area contributed by atoms with E-state index < -0.39 is 45.4 Å². The van der Waals surface area contributed by atoms with Crippen LogP contribution in [0.2, 0.25) is 0 Å². The van der Waals surface area contributed by atoms with E-state index in [0.29, 0.717) is 12.4 Å². The van der Waals surface area contributed by atoms with Gasteiger partial charge in [-0.05, 0) is 62.2 Å². The molecule has 2 aromatic rings. The van der Waals surface area contributed by atoms with Gasteiger partial charge in [-0.3, -0.25) is 9.59 Å². The minimum atomic E-state index is -4.18. The van der Waals surface area contributed by atoms with E-state index >= 15 is 0 Å². The lowest BCUT2D eigenvalue weighted by Gasteiger charge is -2.49. The van der Waals surface area contributed by atoms with E-state index in [1.165, 1.54) is 36.1 Å². The van der Waals surface area contributed by atoms with Crippen molar-refractivity contribution in [3.8, 4) is 5.75 Å². The summed E-state index contributed by atoms with van der Waals surface area (Å²) in [6, 6.07) is 8.45. The Hall–Kier alpha value is -3.01. The smallest absolute Gasteiger partial charge is 0.264 e. The standard InChI is InChI=1S/C23H26F2N2O5S/c1-3-4-13-32-18-6-8-19(9-7-18)33(30,31)26-22(29)23(2)11-12-27(23)21(28)15-16-14-17(24)5-10-20(16)25/h5-10,14H,3-4,11-13,15H2,1-2H3,(H,26,29). The number of carbonyl (C=O) groups excluding carboxylic acids is 2. The number of ether oxygens (including phenoxy) is 1. The van der Waals surface area contributed by atoms with Crippen molar-refractivity contribution in [2.24, 2.45) is 0 Å². The second kappa shape index (κ2) is 9.86. The Kier molecular flexibility index (Phi) is 7.36. The van der Waals surface area contributed by atoms with E-state index in [1.54, 1.807) is 0 Å².